The standard InChI is InChI=1S/C15H15BrN2O2/c16-13-7-4-8-17-14(13)15(20)18-12(10-19)9-11-5-2-1-3-6-11/h1-8,12,19H,9-10H2,(H,18,20)/t12-/m0/s1. The second-order valence-electron chi connectivity index (χ2n) is 4.38. The number of aromatic nitrogens is 1. The summed E-state index contributed by atoms with van der Waals surface area (Å²) in [4.78, 5) is 16.1. The van der Waals surface area contributed by atoms with Crippen molar-refractivity contribution in [3.8, 4) is 0 Å². The van der Waals surface area contributed by atoms with E-state index in [-0.39, 0.29) is 18.6 Å². The van der Waals surface area contributed by atoms with Gasteiger partial charge >= 0.3 is 0 Å². The highest BCUT2D eigenvalue weighted by molar-refractivity contribution is 9.10. The summed E-state index contributed by atoms with van der Waals surface area (Å²) in [6.45, 7) is -0.120. The zero-order chi connectivity index (χ0) is 14.4. The molecule has 0 saturated heterocycles. The Labute approximate surface area is 126 Å². The average Bonchev–Trinajstić information content (AvgIpc) is 2.48. The smallest absolute Gasteiger partial charge is 0.271 e. The summed E-state index contributed by atoms with van der Waals surface area (Å²) in [5.74, 6) is -0.299. The van der Waals surface area contributed by atoms with Crippen LogP contribution < -0.4 is 5.32 Å². The number of carbonyl (C=O) groups excluding carboxylic acids is 1. The lowest BCUT2D eigenvalue weighted by Gasteiger charge is -2.16. The number of rotatable bonds is 5. The molecule has 0 radical (unpaired) electrons. The summed E-state index contributed by atoms with van der Waals surface area (Å²) < 4.78 is 0.633. The number of benzene rings is 1. The lowest BCUT2D eigenvalue weighted by Crippen LogP contribution is -2.39. The van der Waals surface area contributed by atoms with Crippen molar-refractivity contribution >= 4 is 21.8 Å². The Morgan fingerprint density at radius 3 is 2.65 bits per heavy atom. The molecule has 5 heteroatoms. The van der Waals surface area contributed by atoms with Gasteiger partial charge in [-0.2, -0.15) is 0 Å². The van der Waals surface area contributed by atoms with Crippen LogP contribution in [-0.2, 0) is 6.42 Å². The minimum absolute atomic E-state index is 0.120. The summed E-state index contributed by atoms with van der Waals surface area (Å²) in [6, 6.07) is 12.9. The van der Waals surface area contributed by atoms with E-state index in [1.165, 1.54) is 0 Å². The fraction of sp³-hybridized carbons (Fsp3) is 0.200. The Morgan fingerprint density at radius 1 is 1.25 bits per heavy atom. The Morgan fingerprint density at radius 2 is 2.00 bits per heavy atom. The van der Waals surface area contributed by atoms with Crippen LogP contribution in [0.3, 0.4) is 0 Å². The zero-order valence-electron chi connectivity index (χ0n) is 10.8. The Kier molecular flexibility index (Phi) is 5.26. The van der Waals surface area contributed by atoms with Crippen molar-refractivity contribution in [2.24, 2.45) is 0 Å². The van der Waals surface area contributed by atoms with Crippen LogP contribution in [-0.4, -0.2) is 28.6 Å². The van der Waals surface area contributed by atoms with Gasteiger partial charge in [-0.25, -0.2) is 4.98 Å². The van der Waals surface area contributed by atoms with Gasteiger partial charge in [0.1, 0.15) is 5.69 Å². The molecule has 0 unspecified atom stereocenters. The van der Waals surface area contributed by atoms with Crippen LogP contribution in [0.4, 0.5) is 0 Å². The predicted molar refractivity (Wildman–Crippen MR) is 80.4 cm³/mol. The van der Waals surface area contributed by atoms with E-state index in [9.17, 15) is 9.90 Å². The molecule has 1 amide bonds. The first-order chi connectivity index (χ1) is 9.70. The van der Waals surface area contributed by atoms with E-state index in [0.29, 0.717) is 16.6 Å². The number of hydrogen-bond donors (Lipinski definition) is 2. The molecule has 20 heavy (non-hydrogen) atoms. The average molecular weight is 335 g/mol. The largest absolute Gasteiger partial charge is 0.394 e. The molecule has 1 aromatic carbocycles. The van der Waals surface area contributed by atoms with Gasteiger partial charge in [0.05, 0.1) is 12.6 Å². The van der Waals surface area contributed by atoms with Crippen molar-refractivity contribution < 1.29 is 9.90 Å². The van der Waals surface area contributed by atoms with Gasteiger partial charge in [-0.15, -0.1) is 0 Å². The van der Waals surface area contributed by atoms with Gasteiger partial charge in [0.15, 0.2) is 0 Å². The van der Waals surface area contributed by atoms with E-state index in [4.69, 9.17) is 0 Å². The van der Waals surface area contributed by atoms with Crippen LogP contribution in [0.2, 0.25) is 0 Å². The highest BCUT2D eigenvalue weighted by atomic mass is 79.9. The first-order valence-electron chi connectivity index (χ1n) is 6.27. The number of nitrogens with one attached hydrogen (secondary N) is 1. The van der Waals surface area contributed by atoms with Gasteiger partial charge in [0, 0.05) is 10.7 Å². The van der Waals surface area contributed by atoms with Gasteiger partial charge < -0.3 is 10.4 Å². The maximum absolute atomic E-state index is 12.1. The number of halogens is 1. The summed E-state index contributed by atoms with van der Waals surface area (Å²) >= 11 is 3.29. The number of hydrogen-bond acceptors (Lipinski definition) is 3. The van der Waals surface area contributed by atoms with Crippen LogP contribution >= 0.6 is 15.9 Å². The van der Waals surface area contributed by atoms with Gasteiger partial charge in [0.2, 0.25) is 0 Å². The van der Waals surface area contributed by atoms with E-state index in [0.717, 1.165) is 5.56 Å². The van der Waals surface area contributed by atoms with Crippen molar-refractivity contribution in [1.29, 1.82) is 0 Å². The fourth-order valence-corrected chi connectivity index (χ4v) is 2.30. The Bertz CT molecular complexity index is 575. The summed E-state index contributed by atoms with van der Waals surface area (Å²) in [6.07, 6.45) is 2.14. The lowest BCUT2D eigenvalue weighted by molar-refractivity contribution is 0.0910. The number of aliphatic hydroxyl groups excluding tert-OH is 1. The quantitative estimate of drug-likeness (QED) is 0.880. The number of amides is 1. The first kappa shape index (κ1) is 14.7. The van der Waals surface area contributed by atoms with Gasteiger partial charge in [-0.05, 0) is 40.0 Å². The van der Waals surface area contributed by atoms with Crippen molar-refractivity contribution in [3.05, 3.63) is 64.4 Å². The van der Waals surface area contributed by atoms with Gasteiger partial charge in [-0.3, -0.25) is 4.79 Å². The number of aliphatic hydroxyl groups is 1. The van der Waals surface area contributed by atoms with Crippen LogP contribution in [0.25, 0.3) is 0 Å². The third-order valence-corrected chi connectivity index (χ3v) is 3.49. The minimum atomic E-state index is -0.334. The highest BCUT2D eigenvalue weighted by Gasteiger charge is 2.16. The van der Waals surface area contributed by atoms with E-state index >= 15 is 0 Å². The second-order valence-corrected chi connectivity index (χ2v) is 5.23. The SMILES string of the molecule is O=C(N[C@H](CO)Cc1ccccc1)c1ncccc1Br. The second kappa shape index (κ2) is 7.17. The number of nitrogens with zero attached hydrogens (tertiary/aromatic N) is 1. The molecule has 2 aromatic rings. The Hall–Kier alpha value is -1.72. The van der Waals surface area contributed by atoms with Crippen LogP contribution in [0.1, 0.15) is 16.1 Å². The van der Waals surface area contributed by atoms with E-state index in [2.05, 4.69) is 26.2 Å². The monoisotopic (exact) mass is 334 g/mol. The fourth-order valence-electron chi connectivity index (χ4n) is 1.87. The molecule has 2 rings (SSSR count). The third kappa shape index (κ3) is 3.88. The van der Waals surface area contributed by atoms with E-state index < -0.39 is 0 Å². The third-order valence-electron chi connectivity index (χ3n) is 2.85. The molecule has 1 atom stereocenters. The topological polar surface area (TPSA) is 62.2 Å². The number of pyridine rings is 1. The predicted octanol–water partition coefficient (Wildman–Crippen LogP) is 2.18. The maximum atomic E-state index is 12.1. The summed E-state index contributed by atoms with van der Waals surface area (Å²) in [7, 11) is 0. The molecule has 104 valence electrons. The first-order valence-corrected chi connectivity index (χ1v) is 7.06. The molecule has 4 nitrogen and oxygen atoms in total. The molecular formula is C15H15BrN2O2. The molecule has 0 bridgehead atoms. The minimum Gasteiger partial charge on any atom is -0.394 e. The molecule has 0 saturated carbocycles. The van der Waals surface area contributed by atoms with Crippen molar-refractivity contribution in [1.82, 2.24) is 10.3 Å². The maximum Gasteiger partial charge on any atom is 0.271 e. The molecule has 0 aliphatic carbocycles. The van der Waals surface area contributed by atoms with Gasteiger partial charge in [-0.1, -0.05) is 30.3 Å². The molecule has 0 fully saturated rings. The zero-order valence-corrected chi connectivity index (χ0v) is 12.4. The van der Waals surface area contributed by atoms with Crippen LogP contribution in [0, 0.1) is 0 Å². The molecule has 1 aromatic heterocycles. The summed E-state index contributed by atoms with van der Waals surface area (Å²) in [5.41, 5.74) is 1.38. The van der Waals surface area contributed by atoms with Crippen molar-refractivity contribution in [3.63, 3.8) is 0 Å². The molecule has 2 N–H and O–H groups in total. The normalized spacial score (nSPS) is 11.9. The molecule has 0 aliphatic rings. The van der Waals surface area contributed by atoms with Crippen LogP contribution in [0.5, 0.6) is 0 Å². The number of carbonyl (C=O) groups is 1. The van der Waals surface area contributed by atoms with E-state index in [1.54, 1.807) is 18.3 Å². The molecule has 1 heterocycles. The van der Waals surface area contributed by atoms with Crippen molar-refractivity contribution in [2.75, 3.05) is 6.61 Å². The van der Waals surface area contributed by atoms with Crippen molar-refractivity contribution in [2.45, 2.75) is 12.5 Å². The molecule has 0 aliphatic heterocycles. The lowest BCUT2D eigenvalue weighted by atomic mass is 10.1. The van der Waals surface area contributed by atoms with Gasteiger partial charge in [0.25, 0.3) is 5.91 Å². The van der Waals surface area contributed by atoms with Crippen LogP contribution in [0.15, 0.2) is 53.1 Å². The molecular weight excluding hydrogens is 320 g/mol. The highest BCUT2D eigenvalue weighted by Crippen LogP contribution is 2.13. The molecule has 0 spiro atoms. The Balaban J connectivity index is 2.03. The summed E-state index contributed by atoms with van der Waals surface area (Å²) in [5, 5.41) is 12.2. The van der Waals surface area contributed by atoms with E-state index in [1.807, 2.05) is 30.3 Å².